The molecule has 0 aliphatic carbocycles. The van der Waals surface area contributed by atoms with Gasteiger partial charge in [-0.05, 0) is 194 Å². The Kier molecular flexibility index (Phi) is 26.2. The highest BCUT2D eigenvalue weighted by atomic mass is 19.1. The Hall–Kier alpha value is -7.60. The van der Waals surface area contributed by atoms with Gasteiger partial charge in [-0.2, -0.15) is 0 Å². The average Bonchev–Trinajstić information content (AvgIpc) is 1.70. The van der Waals surface area contributed by atoms with Crippen molar-refractivity contribution in [2.24, 2.45) is 11.8 Å². The summed E-state index contributed by atoms with van der Waals surface area (Å²) in [5, 5.41) is 27.2. The van der Waals surface area contributed by atoms with Crippen molar-refractivity contribution in [2.75, 3.05) is 79.8 Å². The number of aryl methyl sites for hydroxylation is 2. The van der Waals surface area contributed by atoms with Crippen LogP contribution >= 0.6 is 0 Å². The molecule has 0 bridgehead atoms. The number of carbonyl (C=O) groups excluding carboxylic acids is 6. The van der Waals surface area contributed by atoms with Gasteiger partial charge in [-0.25, -0.2) is 27.2 Å². The fourth-order valence-corrected chi connectivity index (χ4v) is 13.7. The zero-order valence-electron chi connectivity index (χ0n) is 57.6. The molecule has 5 aromatic rings. The fourth-order valence-electron chi connectivity index (χ4n) is 13.7. The second-order valence-electron chi connectivity index (χ2n) is 28.3. The molecule has 0 saturated carbocycles. The Morgan fingerprint density at radius 2 is 0.948 bits per heavy atom. The number of ketones is 2. The summed E-state index contributed by atoms with van der Waals surface area (Å²) in [6.07, 6.45) is -0.760. The van der Waals surface area contributed by atoms with Gasteiger partial charge in [-0.3, -0.25) is 24.1 Å². The number of nitrogens with zero attached hydrogens (tertiary/aromatic N) is 5. The summed E-state index contributed by atoms with van der Waals surface area (Å²) >= 11 is 0. The van der Waals surface area contributed by atoms with Crippen LogP contribution in [0, 0.1) is 49.0 Å². The van der Waals surface area contributed by atoms with Gasteiger partial charge in [-0.1, -0.05) is 30.3 Å². The number of hydrogen-bond acceptors (Lipinski definition) is 14. The number of hydrogen-bond donors (Lipinski definition) is 3. The monoisotopic (exact) mass is 1350 g/mol. The van der Waals surface area contributed by atoms with Gasteiger partial charge in [0, 0.05) is 120 Å². The van der Waals surface area contributed by atoms with Crippen LogP contribution in [0.15, 0.2) is 103 Å². The molecule has 0 radical (unpaired) electrons. The van der Waals surface area contributed by atoms with Gasteiger partial charge in [0.05, 0.1) is 49.6 Å². The number of aliphatic hydroxyl groups excluding tert-OH is 2. The first-order chi connectivity index (χ1) is 45.9. The zero-order valence-corrected chi connectivity index (χ0v) is 57.6. The molecular formula is C75H96F4N6O12. The van der Waals surface area contributed by atoms with Crippen LogP contribution in [0.1, 0.15) is 149 Å². The third kappa shape index (κ3) is 21.2. The molecule has 4 fully saturated rings. The number of piperazine rings is 2. The molecular weight excluding hydrogens is 1250 g/mol. The number of likely N-dealkylation sites (tertiary alicyclic amines) is 2. The van der Waals surface area contributed by atoms with Crippen molar-refractivity contribution in [1.82, 2.24) is 29.8 Å². The molecule has 97 heavy (non-hydrogen) atoms. The summed E-state index contributed by atoms with van der Waals surface area (Å²) in [7, 11) is 3.21. The van der Waals surface area contributed by atoms with E-state index in [9.17, 15) is 56.5 Å². The van der Waals surface area contributed by atoms with Gasteiger partial charge < -0.3 is 54.1 Å². The van der Waals surface area contributed by atoms with Crippen molar-refractivity contribution in [2.45, 2.75) is 161 Å². The summed E-state index contributed by atoms with van der Waals surface area (Å²) in [6, 6.07) is 24.5. The largest absolute Gasteiger partial charge is 0.444 e. The highest BCUT2D eigenvalue weighted by Crippen LogP contribution is 2.32. The average molecular weight is 1350 g/mol. The Morgan fingerprint density at radius 3 is 1.38 bits per heavy atom. The van der Waals surface area contributed by atoms with Crippen molar-refractivity contribution >= 4 is 35.6 Å². The predicted molar refractivity (Wildman–Crippen MR) is 359 cm³/mol. The number of nitrogens with one attached hydrogen (secondary N) is 1. The minimum Gasteiger partial charge on any atom is -0.444 e. The summed E-state index contributed by atoms with van der Waals surface area (Å²) in [5.41, 5.74) is 2.88. The lowest BCUT2D eigenvalue weighted by Gasteiger charge is -2.45. The number of halogens is 4. The van der Waals surface area contributed by atoms with Crippen molar-refractivity contribution in [3.05, 3.63) is 176 Å². The second kappa shape index (κ2) is 33.8. The van der Waals surface area contributed by atoms with E-state index < -0.39 is 82.8 Å². The predicted octanol–water partition coefficient (Wildman–Crippen LogP) is 11.0. The number of Topliss-reactive ketones (excluding diaryl/α,β-unsaturated/α-hetero) is 2. The fraction of sp³-hybridized carbons (Fsp3) is 0.520. The molecule has 4 saturated heterocycles. The summed E-state index contributed by atoms with van der Waals surface area (Å²) in [4.78, 5) is 90.5. The van der Waals surface area contributed by atoms with E-state index in [0.29, 0.717) is 68.2 Å². The van der Waals surface area contributed by atoms with Crippen molar-refractivity contribution in [1.29, 1.82) is 0 Å². The van der Waals surface area contributed by atoms with Crippen LogP contribution in [0.25, 0.3) is 0 Å². The molecule has 22 heteroatoms. The van der Waals surface area contributed by atoms with Gasteiger partial charge in [0.15, 0.2) is 11.6 Å². The third-order valence-electron chi connectivity index (χ3n) is 18.1. The van der Waals surface area contributed by atoms with Crippen molar-refractivity contribution in [3.63, 3.8) is 0 Å². The molecule has 0 aromatic heterocycles. The highest BCUT2D eigenvalue weighted by molar-refractivity contribution is 6.02. The van der Waals surface area contributed by atoms with Crippen LogP contribution in [0.5, 0.6) is 0 Å². The van der Waals surface area contributed by atoms with Crippen molar-refractivity contribution in [3.8, 4) is 0 Å². The first-order valence-corrected chi connectivity index (χ1v) is 33.6. The minimum atomic E-state index is -1.29. The molecule has 4 aliphatic heterocycles. The maximum atomic E-state index is 14.4. The van der Waals surface area contributed by atoms with Crippen LogP contribution in [0.4, 0.5) is 27.2 Å². The van der Waals surface area contributed by atoms with E-state index in [1.165, 1.54) is 34.1 Å². The normalized spacial score (nSPS) is 19.8. The quantitative estimate of drug-likeness (QED) is 0.0435. The lowest BCUT2D eigenvalue weighted by Crippen LogP contribution is -2.61. The molecule has 0 spiro atoms. The van der Waals surface area contributed by atoms with Crippen LogP contribution in [-0.4, -0.2) is 198 Å². The summed E-state index contributed by atoms with van der Waals surface area (Å²) in [6.45, 7) is 18.9. The first-order valence-electron chi connectivity index (χ1n) is 33.6. The van der Waals surface area contributed by atoms with E-state index >= 15 is 0 Å². The number of aliphatic hydroxyl groups is 2. The van der Waals surface area contributed by atoms with Crippen LogP contribution in [0.2, 0.25) is 0 Å². The first kappa shape index (κ1) is 75.2. The third-order valence-corrected chi connectivity index (χ3v) is 18.1. The SMILES string of the molecule is COC[C@H]1CCCN1C(=O)c1cc(C)cc(C(=O)C[C@@H](Cc2cc(F)cc(F)c2)[C@H](O)[C@H]2CN(Cc3ccccc3)CCN2C(=O)OC(C)(C)C)c1.COC[C@H]1CCCN1C(=O)c1cc(C)cc(C(=O)C[C@@H](Cc2cc(F)cc(F)c2)[C@H](O)[C@H]2CNCCN2C(=O)OC(C)(C)C)c1. The minimum absolute atomic E-state index is 0.0235. The summed E-state index contributed by atoms with van der Waals surface area (Å²) < 4.78 is 79.2. The molecule has 0 unspecified atom stereocenters. The van der Waals surface area contributed by atoms with E-state index in [1.54, 1.807) is 109 Å². The highest BCUT2D eigenvalue weighted by Gasteiger charge is 2.43. The lowest BCUT2D eigenvalue weighted by molar-refractivity contribution is -0.0483. The van der Waals surface area contributed by atoms with Crippen LogP contribution in [0.3, 0.4) is 0 Å². The number of amides is 4. The molecule has 18 nitrogen and oxygen atoms in total. The molecule has 3 N–H and O–H groups in total. The zero-order chi connectivity index (χ0) is 70.5. The van der Waals surface area contributed by atoms with E-state index in [2.05, 4.69) is 10.2 Å². The standard InChI is InChI=1S/C41H51F2N3O6.C34H45F2N3O6/c1-27-16-30(21-32(17-27)39(49)45-13-9-12-35(45)26-51-5)37(47)22-31(18-29-19-33(42)23-34(43)20-29)38(48)36-25-44(24-28-10-7-6-8-11-28)14-15-46(36)40(50)52-41(2,3)4;1-21-11-23(16-25(12-21)32(42)38-9-6-7-28(38)20-44-5)30(40)17-24(13-22-14-26(35)18-27(36)15-22)31(41)29-19-37-8-10-39(29)33(43)45-34(2,3)4/h6-8,10-11,16-17,19-21,23,31,35-36,38,48H,9,12-15,18,22,24-26H2,1-5H3;11-12,14-16,18,24,28-29,31,37,41H,6-10,13,17,19-20H2,1-5H3/t31-,35-,36-,38+;24-,28-,29-,31+/m11/s1. The molecule has 8 atom stereocenters. The van der Waals surface area contributed by atoms with E-state index in [4.69, 9.17) is 18.9 Å². The molecule has 4 amide bonds. The van der Waals surface area contributed by atoms with Crippen LogP contribution in [-0.2, 0) is 38.3 Å². The topological polar surface area (TPSA) is 208 Å². The Morgan fingerprint density at radius 1 is 0.526 bits per heavy atom. The second-order valence-corrected chi connectivity index (χ2v) is 28.3. The Labute approximate surface area is 567 Å². The van der Waals surface area contributed by atoms with Gasteiger partial charge in [-0.15, -0.1) is 0 Å². The maximum absolute atomic E-state index is 14.4. The number of benzene rings is 5. The van der Waals surface area contributed by atoms with Gasteiger partial charge in [0.2, 0.25) is 0 Å². The van der Waals surface area contributed by atoms with E-state index in [1.807, 2.05) is 37.3 Å². The van der Waals surface area contributed by atoms with Gasteiger partial charge in [0.1, 0.15) is 34.5 Å². The van der Waals surface area contributed by atoms with Crippen LogP contribution < -0.4 is 5.32 Å². The molecule has 4 aliphatic rings. The number of ether oxygens (including phenoxy) is 4. The smallest absolute Gasteiger partial charge is 0.410 e. The van der Waals surface area contributed by atoms with E-state index in [0.717, 1.165) is 54.5 Å². The molecule has 4 heterocycles. The lowest BCUT2D eigenvalue weighted by atomic mass is 9.83. The number of carbonyl (C=O) groups is 6. The van der Waals surface area contributed by atoms with Gasteiger partial charge in [0.25, 0.3) is 11.8 Å². The van der Waals surface area contributed by atoms with Gasteiger partial charge >= 0.3 is 12.2 Å². The molecule has 9 rings (SSSR count). The summed E-state index contributed by atoms with van der Waals surface area (Å²) in [5.74, 6) is -5.80. The number of methoxy groups -OCH3 is 2. The maximum Gasteiger partial charge on any atom is 0.410 e. The Balaban J connectivity index is 0.000000250. The van der Waals surface area contributed by atoms with Crippen molar-refractivity contribution < 1.29 is 75.5 Å². The van der Waals surface area contributed by atoms with E-state index in [-0.39, 0.29) is 98.5 Å². The molecule has 5 aromatic carbocycles. The Bertz CT molecular complexity index is 3510. The molecule has 526 valence electrons. The number of rotatable bonds is 22.